The van der Waals surface area contributed by atoms with Gasteiger partial charge >= 0.3 is 6.47 Å². The highest BCUT2D eigenvalue weighted by atomic mass is 35.5. The Hall–Kier alpha value is -1.60. The molecule has 2 aliphatic heterocycles. The van der Waals surface area contributed by atoms with Crippen LogP contribution in [0.3, 0.4) is 0 Å². The monoisotopic (exact) mass is 397 g/mol. The smallest absolute Gasteiger partial charge is 0.320 e. The van der Waals surface area contributed by atoms with Crippen LogP contribution < -0.4 is 0 Å². The largest absolute Gasteiger partial charge is 0.359 e. The van der Waals surface area contributed by atoms with Gasteiger partial charge in [0.15, 0.2) is 6.04 Å². The fourth-order valence-electron chi connectivity index (χ4n) is 3.42. The maximum Gasteiger partial charge on any atom is 0.359 e. The van der Waals surface area contributed by atoms with E-state index in [-0.39, 0.29) is 10.8 Å². The lowest BCUT2D eigenvalue weighted by atomic mass is 10.1. The number of likely N-dealkylation sites (N-methyl/N-ethyl adjacent to an activating group) is 1. The summed E-state index contributed by atoms with van der Waals surface area (Å²) in [6, 6.07) is 5.16. The van der Waals surface area contributed by atoms with Gasteiger partial charge in [-0.3, -0.25) is 0 Å². The maximum absolute atomic E-state index is 11.4. The van der Waals surface area contributed by atoms with Crippen LogP contribution in [-0.2, 0) is 9.63 Å². The molecule has 2 atom stereocenters. The molecular formula is C18H23Cl2N4O2+. The van der Waals surface area contributed by atoms with Crippen LogP contribution in [0.5, 0.6) is 0 Å². The van der Waals surface area contributed by atoms with Crippen LogP contribution in [0.25, 0.3) is 0 Å². The fourth-order valence-corrected chi connectivity index (χ4v) is 3.72. The first-order chi connectivity index (χ1) is 12.4. The molecule has 2 heterocycles. The van der Waals surface area contributed by atoms with E-state index in [2.05, 4.69) is 16.8 Å². The van der Waals surface area contributed by atoms with Gasteiger partial charge < -0.3 is 9.80 Å². The first-order valence-electron chi connectivity index (χ1n) is 8.55. The molecule has 1 aromatic carbocycles. The standard InChI is InChI=1S/C18H23Cl2N4O2/c1-13-10-18(23-8-6-22(3)7-9-23)24(21-13,26-12-25)14(2)15-4-5-16(19)17(20)11-15/h4-5,10-12,14H,6-9H2,1-3H3/q+1. The number of allylic oxidation sites excluding steroid dienone is 1. The van der Waals surface area contributed by atoms with Crippen LogP contribution >= 0.6 is 23.2 Å². The van der Waals surface area contributed by atoms with E-state index in [4.69, 9.17) is 33.1 Å². The van der Waals surface area contributed by atoms with Gasteiger partial charge in [-0.05, 0) is 38.1 Å². The molecular weight excluding hydrogens is 375 g/mol. The SMILES string of the molecule is CC1=N[N+](OC=O)(C(C)c2ccc(Cl)c(Cl)c2)C(N2CCN(C)CC2)=C1. The van der Waals surface area contributed by atoms with E-state index in [9.17, 15) is 4.79 Å². The molecule has 2 aliphatic rings. The molecule has 140 valence electrons. The number of hydroxylamine groups is 2. The lowest BCUT2D eigenvalue weighted by Crippen LogP contribution is -2.52. The third-order valence-corrected chi connectivity index (χ3v) is 5.69. The number of quaternary nitrogens is 1. The van der Waals surface area contributed by atoms with Crippen molar-refractivity contribution in [3.05, 3.63) is 45.7 Å². The summed E-state index contributed by atoms with van der Waals surface area (Å²) in [7, 11) is 2.10. The van der Waals surface area contributed by atoms with Gasteiger partial charge in [0.2, 0.25) is 0 Å². The van der Waals surface area contributed by atoms with Gasteiger partial charge in [0.1, 0.15) is 5.71 Å². The Bertz CT molecular complexity index is 760. The van der Waals surface area contributed by atoms with Crippen LogP contribution in [0.1, 0.15) is 25.5 Å². The Morgan fingerprint density at radius 1 is 1.23 bits per heavy atom. The maximum atomic E-state index is 11.4. The van der Waals surface area contributed by atoms with Gasteiger partial charge in [-0.25, -0.2) is 9.63 Å². The van der Waals surface area contributed by atoms with Crippen molar-refractivity contribution in [2.45, 2.75) is 19.9 Å². The first-order valence-corrected chi connectivity index (χ1v) is 9.31. The van der Waals surface area contributed by atoms with E-state index in [0.29, 0.717) is 16.5 Å². The molecule has 2 unspecified atom stereocenters. The summed E-state index contributed by atoms with van der Waals surface area (Å²) in [5.41, 5.74) is 1.70. The van der Waals surface area contributed by atoms with E-state index in [1.807, 2.05) is 26.0 Å². The molecule has 1 aromatic rings. The minimum atomic E-state index is -0.279. The van der Waals surface area contributed by atoms with Crippen molar-refractivity contribution in [2.75, 3.05) is 33.2 Å². The molecule has 0 saturated carbocycles. The molecule has 3 rings (SSSR count). The average molecular weight is 398 g/mol. The molecule has 0 amide bonds. The summed E-state index contributed by atoms with van der Waals surface area (Å²) in [6.45, 7) is 7.92. The molecule has 1 fully saturated rings. The molecule has 0 radical (unpaired) electrons. The van der Waals surface area contributed by atoms with Crippen LogP contribution in [-0.4, -0.2) is 60.0 Å². The summed E-state index contributed by atoms with van der Waals surface area (Å²) < 4.78 is -0.253. The van der Waals surface area contributed by atoms with Gasteiger partial charge in [0.25, 0.3) is 5.82 Å². The highest BCUT2D eigenvalue weighted by Crippen LogP contribution is 2.41. The van der Waals surface area contributed by atoms with Crippen LogP contribution in [0.4, 0.5) is 0 Å². The zero-order chi connectivity index (χ0) is 18.9. The Morgan fingerprint density at radius 2 is 1.92 bits per heavy atom. The lowest BCUT2D eigenvalue weighted by molar-refractivity contribution is -1.09. The first kappa shape index (κ1) is 19.2. The van der Waals surface area contributed by atoms with E-state index < -0.39 is 0 Å². The second kappa shape index (κ2) is 7.56. The molecule has 1 saturated heterocycles. The minimum Gasteiger partial charge on any atom is -0.320 e. The molecule has 0 N–H and O–H groups in total. The summed E-state index contributed by atoms with van der Waals surface area (Å²) in [5, 5.41) is 5.64. The lowest BCUT2D eigenvalue weighted by Gasteiger charge is -2.39. The van der Waals surface area contributed by atoms with Gasteiger partial charge in [-0.15, -0.1) is 0 Å². The van der Waals surface area contributed by atoms with Crippen LogP contribution in [0.15, 0.2) is 35.2 Å². The summed E-state index contributed by atoms with van der Waals surface area (Å²) in [5.74, 6) is 0.862. The second-order valence-corrected chi connectivity index (χ2v) is 7.52. The van der Waals surface area contributed by atoms with E-state index >= 15 is 0 Å². The predicted molar refractivity (Wildman–Crippen MR) is 103 cm³/mol. The zero-order valence-electron chi connectivity index (χ0n) is 15.2. The summed E-state index contributed by atoms with van der Waals surface area (Å²) in [4.78, 5) is 21.5. The molecule has 26 heavy (non-hydrogen) atoms. The number of hydrogen-bond acceptors (Lipinski definition) is 5. The number of halogens is 2. The van der Waals surface area contributed by atoms with Gasteiger partial charge in [-0.2, -0.15) is 0 Å². The number of piperazine rings is 1. The number of carbonyl (C=O) groups is 1. The number of nitrogens with zero attached hydrogens (tertiary/aromatic N) is 4. The van der Waals surface area contributed by atoms with Crippen molar-refractivity contribution in [2.24, 2.45) is 5.10 Å². The number of rotatable bonds is 5. The number of benzene rings is 1. The van der Waals surface area contributed by atoms with Crippen LogP contribution in [0.2, 0.25) is 10.0 Å². The summed E-state index contributed by atoms with van der Waals surface area (Å²) in [6.07, 6.45) is 1.99. The Balaban J connectivity index is 2.00. The van der Waals surface area contributed by atoms with Crippen LogP contribution in [0, 0.1) is 0 Å². The normalized spacial score (nSPS) is 24.9. The predicted octanol–water partition coefficient (Wildman–Crippen LogP) is 3.44. The van der Waals surface area contributed by atoms with Crippen molar-refractivity contribution < 1.29 is 14.4 Å². The number of carbonyl (C=O) groups excluding carboxylic acids is 1. The molecule has 8 heteroatoms. The Labute approximate surface area is 163 Å². The fraction of sp³-hybridized carbons (Fsp3) is 0.444. The van der Waals surface area contributed by atoms with E-state index in [1.54, 1.807) is 12.1 Å². The van der Waals surface area contributed by atoms with Crippen molar-refractivity contribution >= 4 is 35.4 Å². The minimum absolute atomic E-state index is 0.253. The van der Waals surface area contributed by atoms with Crippen molar-refractivity contribution in [1.82, 2.24) is 9.80 Å². The van der Waals surface area contributed by atoms with Gasteiger partial charge in [0, 0.05) is 36.5 Å². The third kappa shape index (κ3) is 3.47. The van der Waals surface area contributed by atoms with Crippen molar-refractivity contribution in [3.63, 3.8) is 0 Å². The van der Waals surface area contributed by atoms with E-state index in [1.165, 1.54) is 0 Å². The molecule has 6 nitrogen and oxygen atoms in total. The summed E-state index contributed by atoms with van der Waals surface area (Å²) >= 11 is 12.3. The van der Waals surface area contributed by atoms with Gasteiger partial charge in [-0.1, -0.05) is 29.3 Å². The Morgan fingerprint density at radius 3 is 2.54 bits per heavy atom. The number of hydrogen-bond donors (Lipinski definition) is 0. The third-order valence-electron chi connectivity index (χ3n) is 4.95. The highest BCUT2D eigenvalue weighted by Gasteiger charge is 2.50. The topological polar surface area (TPSA) is 45.1 Å². The molecule has 0 aliphatic carbocycles. The Kier molecular flexibility index (Phi) is 5.58. The molecule has 0 aromatic heterocycles. The highest BCUT2D eigenvalue weighted by molar-refractivity contribution is 6.42. The average Bonchev–Trinajstić information content (AvgIpc) is 2.95. The quantitative estimate of drug-likeness (QED) is 0.563. The molecule has 0 bridgehead atoms. The van der Waals surface area contributed by atoms with Gasteiger partial charge in [0.05, 0.1) is 16.1 Å². The van der Waals surface area contributed by atoms with E-state index in [0.717, 1.165) is 43.3 Å². The van der Waals surface area contributed by atoms with Crippen molar-refractivity contribution in [3.8, 4) is 0 Å². The molecule has 0 spiro atoms. The van der Waals surface area contributed by atoms with Crippen molar-refractivity contribution in [1.29, 1.82) is 0 Å². The second-order valence-electron chi connectivity index (χ2n) is 6.71. The zero-order valence-corrected chi connectivity index (χ0v) is 16.7.